The first kappa shape index (κ1) is 14.7. The summed E-state index contributed by atoms with van der Waals surface area (Å²) in [7, 11) is 0. The number of rotatable bonds is 4. The number of aromatic nitrogens is 1. The van der Waals surface area contributed by atoms with Gasteiger partial charge in [-0.25, -0.2) is 4.98 Å². The Hall–Kier alpha value is -1.69. The SMILES string of the molecule is O=C(NCC1CCCCC1)c1cc([N+](=O)[O-])cnc1Cl. The van der Waals surface area contributed by atoms with Crippen molar-refractivity contribution in [3.05, 3.63) is 33.1 Å². The van der Waals surface area contributed by atoms with Crippen LogP contribution in [0.2, 0.25) is 5.15 Å². The molecule has 108 valence electrons. The molecule has 1 N–H and O–H groups in total. The van der Waals surface area contributed by atoms with E-state index < -0.39 is 10.8 Å². The van der Waals surface area contributed by atoms with E-state index in [9.17, 15) is 14.9 Å². The van der Waals surface area contributed by atoms with Crippen molar-refractivity contribution >= 4 is 23.2 Å². The third kappa shape index (κ3) is 3.66. The lowest BCUT2D eigenvalue weighted by molar-refractivity contribution is -0.385. The van der Waals surface area contributed by atoms with Crippen LogP contribution in [0.3, 0.4) is 0 Å². The summed E-state index contributed by atoms with van der Waals surface area (Å²) in [6.45, 7) is 0.581. The van der Waals surface area contributed by atoms with Crippen LogP contribution >= 0.6 is 11.6 Å². The first-order valence-corrected chi connectivity index (χ1v) is 7.04. The quantitative estimate of drug-likeness (QED) is 0.526. The Morgan fingerprint density at radius 2 is 2.15 bits per heavy atom. The van der Waals surface area contributed by atoms with Gasteiger partial charge in [-0.05, 0) is 18.8 Å². The summed E-state index contributed by atoms with van der Waals surface area (Å²) in [6.07, 6.45) is 6.91. The number of amides is 1. The second kappa shape index (κ2) is 6.65. The maximum absolute atomic E-state index is 12.0. The molecule has 1 amide bonds. The van der Waals surface area contributed by atoms with E-state index in [1.807, 2.05) is 0 Å². The van der Waals surface area contributed by atoms with Gasteiger partial charge in [0.15, 0.2) is 0 Å². The van der Waals surface area contributed by atoms with E-state index in [0.29, 0.717) is 12.5 Å². The van der Waals surface area contributed by atoms with E-state index in [1.165, 1.54) is 19.3 Å². The fourth-order valence-electron chi connectivity index (χ4n) is 2.42. The number of nitrogens with one attached hydrogen (secondary N) is 1. The van der Waals surface area contributed by atoms with Gasteiger partial charge in [-0.2, -0.15) is 0 Å². The highest BCUT2D eigenvalue weighted by Crippen LogP contribution is 2.23. The van der Waals surface area contributed by atoms with Crippen LogP contribution < -0.4 is 5.32 Å². The molecule has 1 aromatic heterocycles. The number of carbonyl (C=O) groups is 1. The third-order valence-electron chi connectivity index (χ3n) is 3.56. The van der Waals surface area contributed by atoms with Crippen LogP contribution in [-0.4, -0.2) is 22.4 Å². The van der Waals surface area contributed by atoms with E-state index in [2.05, 4.69) is 10.3 Å². The molecule has 1 aliphatic carbocycles. The number of nitro groups is 1. The molecule has 0 aromatic carbocycles. The Bertz CT molecular complexity index is 516. The lowest BCUT2D eigenvalue weighted by Gasteiger charge is -2.21. The number of pyridine rings is 1. The average Bonchev–Trinajstić information content (AvgIpc) is 2.46. The van der Waals surface area contributed by atoms with Crippen LogP contribution in [0.1, 0.15) is 42.5 Å². The summed E-state index contributed by atoms with van der Waals surface area (Å²) in [5, 5.41) is 13.5. The molecule has 0 radical (unpaired) electrons. The van der Waals surface area contributed by atoms with Gasteiger partial charge in [0.05, 0.1) is 10.5 Å². The molecule has 1 aliphatic rings. The summed E-state index contributed by atoms with van der Waals surface area (Å²) in [5.74, 6) is 0.0786. The van der Waals surface area contributed by atoms with E-state index >= 15 is 0 Å². The molecule has 0 saturated heterocycles. The Balaban J connectivity index is 2.00. The standard InChI is InChI=1S/C13H16ClN3O3/c14-12-11(6-10(8-15-12)17(19)20)13(18)16-7-9-4-2-1-3-5-9/h6,8-9H,1-5,7H2,(H,16,18). The summed E-state index contributed by atoms with van der Waals surface area (Å²) in [6, 6.07) is 1.16. The Morgan fingerprint density at radius 3 is 2.80 bits per heavy atom. The van der Waals surface area contributed by atoms with Gasteiger partial charge >= 0.3 is 0 Å². The van der Waals surface area contributed by atoms with Crippen molar-refractivity contribution in [2.75, 3.05) is 6.54 Å². The molecule has 1 fully saturated rings. The number of halogens is 1. The first-order chi connectivity index (χ1) is 9.58. The van der Waals surface area contributed by atoms with Gasteiger partial charge in [-0.1, -0.05) is 30.9 Å². The molecule has 0 bridgehead atoms. The van der Waals surface area contributed by atoms with Gasteiger partial charge in [0.2, 0.25) is 0 Å². The first-order valence-electron chi connectivity index (χ1n) is 6.66. The molecular formula is C13H16ClN3O3. The molecule has 20 heavy (non-hydrogen) atoms. The zero-order valence-corrected chi connectivity index (χ0v) is 11.7. The van der Waals surface area contributed by atoms with Crippen molar-refractivity contribution in [1.82, 2.24) is 10.3 Å². The summed E-state index contributed by atoms with van der Waals surface area (Å²) < 4.78 is 0. The largest absolute Gasteiger partial charge is 0.352 e. The molecule has 1 heterocycles. The Kier molecular flexibility index (Phi) is 4.89. The minimum absolute atomic E-state index is 0.0169. The van der Waals surface area contributed by atoms with Crippen LogP contribution in [-0.2, 0) is 0 Å². The molecule has 0 spiro atoms. The third-order valence-corrected chi connectivity index (χ3v) is 3.86. The second-order valence-electron chi connectivity index (χ2n) is 5.00. The zero-order chi connectivity index (χ0) is 14.5. The maximum Gasteiger partial charge on any atom is 0.288 e. The lowest BCUT2D eigenvalue weighted by Crippen LogP contribution is -2.30. The predicted molar refractivity (Wildman–Crippen MR) is 74.8 cm³/mol. The lowest BCUT2D eigenvalue weighted by atomic mass is 9.89. The highest BCUT2D eigenvalue weighted by molar-refractivity contribution is 6.32. The fraction of sp³-hybridized carbons (Fsp3) is 0.538. The molecule has 0 aliphatic heterocycles. The van der Waals surface area contributed by atoms with Gasteiger partial charge in [-0.15, -0.1) is 0 Å². The molecule has 0 unspecified atom stereocenters. The highest BCUT2D eigenvalue weighted by Gasteiger charge is 2.19. The zero-order valence-electron chi connectivity index (χ0n) is 11.0. The summed E-state index contributed by atoms with van der Waals surface area (Å²) in [5.41, 5.74) is -0.186. The molecule has 1 saturated carbocycles. The number of hydrogen-bond donors (Lipinski definition) is 1. The van der Waals surface area contributed by atoms with Crippen LogP contribution in [0.15, 0.2) is 12.3 Å². The molecule has 6 nitrogen and oxygen atoms in total. The monoisotopic (exact) mass is 297 g/mol. The maximum atomic E-state index is 12.0. The van der Waals surface area contributed by atoms with Crippen molar-refractivity contribution in [1.29, 1.82) is 0 Å². The van der Waals surface area contributed by atoms with Crippen molar-refractivity contribution in [2.24, 2.45) is 5.92 Å². The minimum atomic E-state index is -0.596. The Labute approximate surface area is 121 Å². The fourth-order valence-corrected chi connectivity index (χ4v) is 2.61. The molecule has 1 aromatic rings. The molecule has 7 heteroatoms. The molecule has 0 atom stereocenters. The number of nitrogens with zero attached hydrogens (tertiary/aromatic N) is 2. The van der Waals surface area contributed by atoms with Crippen LogP contribution in [0.5, 0.6) is 0 Å². The normalized spacial score (nSPS) is 15.8. The van der Waals surface area contributed by atoms with Crippen LogP contribution in [0.25, 0.3) is 0 Å². The van der Waals surface area contributed by atoms with Gasteiger partial charge < -0.3 is 5.32 Å². The van der Waals surface area contributed by atoms with Crippen molar-refractivity contribution in [2.45, 2.75) is 32.1 Å². The molecule has 2 rings (SSSR count). The van der Waals surface area contributed by atoms with Gasteiger partial charge in [0, 0.05) is 12.6 Å². The predicted octanol–water partition coefficient (Wildman–Crippen LogP) is 2.95. The second-order valence-corrected chi connectivity index (χ2v) is 5.36. The van der Waals surface area contributed by atoms with E-state index in [0.717, 1.165) is 25.1 Å². The Morgan fingerprint density at radius 1 is 1.45 bits per heavy atom. The number of carbonyl (C=O) groups excluding carboxylic acids is 1. The van der Waals surface area contributed by atoms with Crippen molar-refractivity contribution in [3.8, 4) is 0 Å². The van der Waals surface area contributed by atoms with Gasteiger partial charge in [-0.3, -0.25) is 14.9 Å². The summed E-state index contributed by atoms with van der Waals surface area (Å²) >= 11 is 5.82. The minimum Gasteiger partial charge on any atom is -0.352 e. The van der Waals surface area contributed by atoms with Gasteiger partial charge in [0.1, 0.15) is 11.3 Å². The highest BCUT2D eigenvalue weighted by atomic mass is 35.5. The van der Waals surface area contributed by atoms with E-state index in [4.69, 9.17) is 11.6 Å². The molecular weight excluding hydrogens is 282 g/mol. The van der Waals surface area contributed by atoms with Crippen LogP contribution in [0.4, 0.5) is 5.69 Å². The van der Waals surface area contributed by atoms with Crippen LogP contribution in [0, 0.1) is 16.0 Å². The van der Waals surface area contributed by atoms with Crippen molar-refractivity contribution in [3.63, 3.8) is 0 Å². The average molecular weight is 298 g/mol. The van der Waals surface area contributed by atoms with Gasteiger partial charge in [0.25, 0.3) is 11.6 Å². The number of hydrogen-bond acceptors (Lipinski definition) is 4. The van der Waals surface area contributed by atoms with E-state index in [-0.39, 0.29) is 16.4 Å². The topological polar surface area (TPSA) is 85.1 Å². The smallest absolute Gasteiger partial charge is 0.288 e. The summed E-state index contributed by atoms with van der Waals surface area (Å²) in [4.78, 5) is 25.8. The van der Waals surface area contributed by atoms with Crippen molar-refractivity contribution < 1.29 is 9.72 Å². The van der Waals surface area contributed by atoms with E-state index in [1.54, 1.807) is 0 Å².